The lowest BCUT2D eigenvalue weighted by atomic mass is 9.78. The molecule has 0 amide bonds. The normalized spacial score (nSPS) is 31.6. The van der Waals surface area contributed by atoms with Crippen LogP contribution in [0.1, 0.15) is 52.4 Å². The van der Waals surface area contributed by atoms with Gasteiger partial charge in [-0.15, -0.1) is 0 Å². The van der Waals surface area contributed by atoms with E-state index in [4.69, 9.17) is 28.2 Å². The highest BCUT2D eigenvalue weighted by atomic mass is 32.2. The van der Waals surface area contributed by atoms with Crippen LogP contribution in [0.15, 0.2) is 0 Å². The fraction of sp³-hybridized carbons (Fsp3) is 0.826. The molecule has 0 radical (unpaired) electrons. The number of hydrogen-bond acceptors (Lipinski definition) is 12. The predicted molar refractivity (Wildman–Crippen MR) is 120 cm³/mol. The van der Waals surface area contributed by atoms with Gasteiger partial charge in [-0.2, -0.15) is 17.2 Å². The van der Waals surface area contributed by atoms with Crippen molar-refractivity contribution in [3.63, 3.8) is 0 Å². The zero-order valence-corrected chi connectivity index (χ0v) is 22.0. The molecule has 4 rings (SSSR count). The van der Waals surface area contributed by atoms with Crippen molar-refractivity contribution < 1.29 is 69.4 Å². The van der Waals surface area contributed by atoms with Gasteiger partial charge in [0.2, 0.25) is 0 Å². The Morgan fingerprint density at radius 1 is 1.13 bits per heavy atom. The number of halogens is 2. The minimum absolute atomic E-state index is 0.545. The average Bonchev–Trinajstić information content (AvgIpc) is 3.57. The number of ether oxygens (including phenoxy) is 6. The number of hydrogen-bond donors (Lipinski definition) is 1. The van der Waals surface area contributed by atoms with Gasteiger partial charge in [0.25, 0.3) is 0 Å². The first-order valence-corrected chi connectivity index (χ1v) is 14.0. The zero-order chi connectivity index (χ0) is 28.8. The second-order valence-corrected chi connectivity index (χ2v) is 11.7. The first kappa shape index (κ1) is 29.6. The van der Waals surface area contributed by atoms with E-state index in [1.807, 2.05) is 6.92 Å². The maximum atomic E-state index is 13.5. The van der Waals surface area contributed by atoms with Crippen LogP contribution in [0, 0.1) is 11.8 Å². The molecule has 1 saturated carbocycles. The average molecular weight is 585 g/mol. The summed E-state index contributed by atoms with van der Waals surface area (Å²) in [7, 11) is -5.84. The molecular weight excluding hydrogens is 554 g/mol. The van der Waals surface area contributed by atoms with Crippen molar-refractivity contribution in [1.29, 1.82) is 0 Å². The van der Waals surface area contributed by atoms with Crippen molar-refractivity contribution in [1.82, 2.24) is 0 Å². The molecule has 2 bridgehead atoms. The lowest BCUT2D eigenvalue weighted by molar-refractivity contribution is -0.176. The summed E-state index contributed by atoms with van der Waals surface area (Å²) < 4.78 is 88.4. The lowest BCUT2D eigenvalue weighted by Crippen LogP contribution is -2.49. The molecule has 0 aromatic carbocycles. The fourth-order valence-electron chi connectivity index (χ4n) is 5.81. The number of alkyl halides is 2. The van der Waals surface area contributed by atoms with Crippen LogP contribution in [0.3, 0.4) is 0 Å². The SMILES string of the molecule is CCCC1(OC(=O)C2C3OC4C(OC(=O)C42)C3OC(=O)COCC(=O)OC(C)C(F)(F)S(=O)(=O)O)CCCC1. The summed E-state index contributed by atoms with van der Waals surface area (Å²) >= 11 is 0. The Balaban J connectivity index is 1.32. The van der Waals surface area contributed by atoms with Gasteiger partial charge < -0.3 is 28.4 Å². The smallest absolute Gasteiger partial charge is 0.405 e. The van der Waals surface area contributed by atoms with Crippen molar-refractivity contribution in [2.75, 3.05) is 13.2 Å². The van der Waals surface area contributed by atoms with Crippen molar-refractivity contribution in [2.45, 2.75) is 93.7 Å². The highest BCUT2D eigenvalue weighted by Crippen LogP contribution is 2.52. The molecule has 0 spiro atoms. The molecule has 7 atom stereocenters. The van der Waals surface area contributed by atoms with E-state index in [0.717, 1.165) is 32.1 Å². The van der Waals surface area contributed by atoms with Gasteiger partial charge in [0, 0.05) is 0 Å². The number of rotatable bonds is 12. The van der Waals surface area contributed by atoms with Crippen LogP contribution in [0.5, 0.6) is 0 Å². The molecule has 0 aromatic rings. The van der Waals surface area contributed by atoms with Crippen LogP contribution in [-0.4, -0.2) is 91.4 Å². The summed E-state index contributed by atoms with van der Waals surface area (Å²) in [4.78, 5) is 49.9. The second kappa shape index (κ2) is 10.9. The minimum atomic E-state index is -5.84. The maximum Gasteiger partial charge on any atom is 0.405 e. The van der Waals surface area contributed by atoms with E-state index < -0.39 is 100 Å². The summed E-state index contributed by atoms with van der Waals surface area (Å²) in [6.07, 6.45) is -1.65. The Morgan fingerprint density at radius 2 is 1.77 bits per heavy atom. The highest BCUT2D eigenvalue weighted by molar-refractivity contribution is 7.86. The Morgan fingerprint density at radius 3 is 2.38 bits per heavy atom. The first-order valence-electron chi connectivity index (χ1n) is 12.6. The van der Waals surface area contributed by atoms with E-state index in [0.29, 0.717) is 13.3 Å². The van der Waals surface area contributed by atoms with Crippen molar-refractivity contribution in [2.24, 2.45) is 11.8 Å². The zero-order valence-electron chi connectivity index (χ0n) is 21.2. The van der Waals surface area contributed by atoms with E-state index in [1.165, 1.54) is 0 Å². The predicted octanol–water partition coefficient (Wildman–Crippen LogP) is 0.922. The molecule has 3 aliphatic heterocycles. The van der Waals surface area contributed by atoms with E-state index in [2.05, 4.69) is 4.74 Å². The van der Waals surface area contributed by atoms with Crippen LogP contribution in [-0.2, 0) is 57.7 Å². The molecule has 3 saturated heterocycles. The summed E-state index contributed by atoms with van der Waals surface area (Å²) in [5.41, 5.74) is -0.604. The van der Waals surface area contributed by atoms with Gasteiger partial charge >= 0.3 is 39.2 Å². The largest absolute Gasteiger partial charge is 0.459 e. The van der Waals surface area contributed by atoms with E-state index in [9.17, 15) is 36.4 Å². The van der Waals surface area contributed by atoms with Crippen molar-refractivity contribution >= 4 is 34.0 Å². The van der Waals surface area contributed by atoms with Crippen LogP contribution in [0.25, 0.3) is 0 Å². The minimum Gasteiger partial charge on any atom is -0.459 e. The summed E-state index contributed by atoms with van der Waals surface area (Å²) in [5.74, 6) is -5.66. The number of esters is 4. The van der Waals surface area contributed by atoms with Crippen LogP contribution in [0.2, 0.25) is 0 Å². The summed E-state index contributed by atoms with van der Waals surface area (Å²) in [5, 5.41) is -4.76. The highest BCUT2D eigenvalue weighted by Gasteiger charge is 2.72. The van der Waals surface area contributed by atoms with Crippen LogP contribution < -0.4 is 0 Å². The Bertz CT molecular complexity index is 1100. The van der Waals surface area contributed by atoms with E-state index in [1.54, 1.807) is 0 Å². The second-order valence-electron chi connectivity index (χ2n) is 10.2. The van der Waals surface area contributed by atoms with Gasteiger partial charge in [0.1, 0.15) is 42.9 Å². The molecule has 0 aromatic heterocycles. The molecular formula is C23H30F2O13S. The Kier molecular flexibility index (Phi) is 8.23. The van der Waals surface area contributed by atoms with Gasteiger partial charge in [-0.05, 0) is 39.0 Å². The standard InChI is InChI=1S/C23H30F2O13S/c1-3-6-22(7-4-5-8-22)38-21(29)15-14-16-19(37-20(14)28)18(17(15)36-16)35-13(27)10-33-9-12(26)34-11(2)23(24,25)39(30,31)32/h11,14-19H,3-10H2,1-2H3,(H,30,31,32). The fourth-order valence-corrected chi connectivity index (χ4v) is 6.28. The molecule has 13 nitrogen and oxygen atoms in total. The number of carbonyl (C=O) groups excluding carboxylic acids is 4. The topological polar surface area (TPSA) is 178 Å². The molecule has 220 valence electrons. The first-order chi connectivity index (χ1) is 18.2. The molecule has 7 unspecified atom stereocenters. The molecule has 1 aliphatic carbocycles. The lowest BCUT2D eigenvalue weighted by Gasteiger charge is -2.33. The van der Waals surface area contributed by atoms with Crippen LogP contribution in [0.4, 0.5) is 8.78 Å². The summed E-state index contributed by atoms with van der Waals surface area (Å²) in [6.45, 7) is 0.650. The molecule has 4 fully saturated rings. The van der Waals surface area contributed by atoms with E-state index in [-0.39, 0.29) is 0 Å². The van der Waals surface area contributed by atoms with Crippen molar-refractivity contribution in [3.8, 4) is 0 Å². The third kappa shape index (κ3) is 5.60. The number of carbonyl (C=O) groups is 4. The monoisotopic (exact) mass is 584 g/mol. The van der Waals surface area contributed by atoms with Crippen LogP contribution >= 0.6 is 0 Å². The number of fused-ring (bicyclic) bond motifs is 1. The quantitative estimate of drug-likeness (QED) is 0.195. The Labute approximate surface area is 222 Å². The van der Waals surface area contributed by atoms with Gasteiger partial charge in [0.05, 0.1) is 0 Å². The molecule has 39 heavy (non-hydrogen) atoms. The maximum absolute atomic E-state index is 13.5. The Hall–Kier alpha value is -2.43. The van der Waals surface area contributed by atoms with Gasteiger partial charge in [-0.25, -0.2) is 9.59 Å². The van der Waals surface area contributed by atoms with Gasteiger partial charge in [0.15, 0.2) is 18.3 Å². The molecule has 16 heteroatoms. The van der Waals surface area contributed by atoms with Gasteiger partial charge in [-0.1, -0.05) is 13.3 Å². The van der Waals surface area contributed by atoms with Crippen molar-refractivity contribution in [3.05, 3.63) is 0 Å². The molecule has 4 aliphatic rings. The third-order valence-electron chi connectivity index (χ3n) is 7.55. The molecule has 1 N–H and O–H groups in total. The van der Waals surface area contributed by atoms with Gasteiger partial charge in [-0.3, -0.25) is 14.1 Å². The summed E-state index contributed by atoms with van der Waals surface area (Å²) in [6, 6.07) is 0. The molecule has 3 heterocycles. The third-order valence-corrected chi connectivity index (χ3v) is 8.57. The van der Waals surface area contributed by atoms with E-state index >= 15 is 0 Å².